The smallest absolute Gasteiger partial charge is 0.256 e. The number of fused-ring (bicyclic) bond motifs is 1. The second-order valence-corrected chi connectivity index (χ2v) is 6.13. The van der Waals surface area contributed by atoms with Crippen molar-refractivity contribution in [3.05, 3.63) is 75.4 Å². The number of nitrogens with one attached hydrogen (secondary N) is 1. The van der Waals surface area contributed by atoms with Crippen LogP contribution in [0.1, 0.15) is 15.9 Å². The minimum atomic E-state index is -0.0754. The molecule has 0 radical (unpaired) electrons. The Balaban J connectivity index is 1.97. The van der Waals surface area contributed by atoms with Gasteiger partial charge in [-0.25, -0.2) is 0 Å². The predicted molar refractivity (Wildman–Crippen MR) is 95.8 cm³/mol. The van der Waals surface area contributed by atoms with E-state index in [1.165, 1.54) is 5.56 Å². The largest absolute Gasteiger partial charge is 0.321 e. The molecule has 0 fully saturated rings. The van der Waals surface area contributed by atoms with Crippen molar-refractivity contribution in [1.29, 1.82) is 0 Å². The van der Waals surface area contributed by atoms with E-state index in [4.69, 9.17) is 0 Å². The van der Waals surface area contributed by atoms with E-state index >= 15 is 0 Å². The summed E-state index contributed by atoms with van der Waals surface area (Å²) in [5, 5.41) is 5.04. The van der Waals surface area contributed by atoms with Gasteiger partial charge in [0.1, 0.15) is 0 Å². The van der Waals surface area contributed by atoms with Gasteiger partial charge >= 0.3 is 0 Å². The van der Waals surface area contributed by atoms with Crippen LogP contribution in [0.15, 0.2) is 60.7 Å². The van der Waals surface area contributed by atoms with Crippen LogP contribution in [-0.2, 0) is 0 Å². The van der Waals surface area contributed by atoms with Crippen LogP contribution in [0.3, 0.4) is 0 Å². The van der Waals surface area contributed by atoms with Crippen molar-refractivity contribution in [2.24, 2.45) is 0 Å². The average molecular weight is 387 g/mol. The molecule has 21 heavy (non-hydrogen) atoms. The SMILES string of the molecule is Cc1ccc(NC(=O)c2cccc3ccccc23)c(I)c1. The lowest BCUT2D eigenvalue weighted by molar-refractivity contribution is 0.102. The van der Waals surface area contributed by atoms with Crippen LogP contribution in [0.2, 0.25) is 0 Å². The first kappa shape index (κ1) is 14.1. The highest BCUT2D eigenvalue weighted by atomic mass is 127. The first-order chi connectivity index (χ1) is 10.1. The minimum Gasteiger partial charge on any atom is -0.321 e. The summed E-state index contributed by atoms with van der Waals surface area (Å²) in [7, 11) is 0. The third kappa shape index (κ3) is 2.93. The van der Waals surface area contributed by atoms with Crippen molar-refractivity contribution in [3.63, 3.8) is 0 Å². The second-order valence-electron chi connectivity index (χ2n) is 4.96. The Bertz CT molecular complexity index is 821. The molecule has 1 amide bonds. The topological polar surface area (TPSA) is 29.1 Å². The van der Waals surface area contributed by atoms with Gasteiger partial charge in [0.25, 0.3) is 5.91 Å². The fourth-order valence-electron chi connectivity index (χ4n) is 2.33. The van der Waals surface area contributed by atoms with Crippen LogP contribution in [-0.4, -0.2) is 5.91 Å². The van der Waals surface area contributed by atoms with E-state index in [0.717, 1.165) is 20.0 Å². The molecule has 3 aromatic rings. The van der Waals surface area contributed by atoms with Gasteiger partial charge in [0.05, 0.1) is 5.69 Å². The average Bonchev–Trinajstić information content (AvgIpc) is 2.49. The molecule has 1 N–H and O–H groups in total. The third-order valence-electron chi connectivity index (χ3n) is 3.41. The Kier molecular flexibility index (Phi) is 3.92. The van der Waals surface area contributed by atoms with Crippen molar-refractivity contribution in [3.8, 4) is 0 Å². The maximum absolute atomic E-state index is 12.6. The van der Waals surface area contributed by atoms with Crippen LogP contribution < -0.4 is 5.32 Å². The molecule has 0 unspecified atom stereocenters. The molecule has 0 saturated heterocycles. The summed E-state index contributed by atoms with van der Waals surface area (Å²) >= 11 is 2.24. The van der Waals surface area contributed by atoms with Gasteiger partial charge in [0, 0.05) is 9.13 Å². The molecule has 3 rings (SSSR count). The van der Waals surface area contributed by atoms with Crippen molar-refractivity contribution >= 4 is 45.0 Å². The van der Waals surface area contributed by atoms with E-state index in [1.54, 1.807) is 0 Å². The normalized spacial score (nSPS) is 10.6. The lowest BCUT2D eigenvalue weighted by Gasteiger charge is -2.10. The third-order valence-corrected chi connectivity index (χ3v) is 4.30. The van der Waals surface area contributed by atoms with Gasteiger partial charge < -0.3 is 5.32 Å². The molecule has 0 aliphatic rings. The van der Waals surface area contributed by atoms with Gasteiger partial charge in [-0.2, -0.15) is 0 Å². The van der Waals surface area contributed by atoms with Crippen LogP contribution in [0.5, 0.6) is 0 Å². The fourth-order valence-corrected chi connectivity index (χ4v) is 3.14. The number of amides is 1. The summed E-state index contributed by atoms with van der Waals surface area (Å²) < 4.78 is 1.04. The summed E-state index contributed by atoms with van der Waals surface area (Å²) in [6.07, 6.45) is 0. The van der Waals surface area contributed by atoms with Crippen molar-refractivity contribution in [2.75, 3.05) is 5.32 Å². The number of benzene rings is 3. The number of halogens is 1. The summed E-state index contributed by atoms with van der Waals surface area (Å²) in [6, 6.07) is 19.7. The number of anilines is 1. The van der Waals surface area contributed by atoms with Gasteiger partial charge in [-0.3, -0.25) is 4.79 Å². The zero-order valence-electron chi connectivity index (χ0n) is 11.6. The molecule has 3 aromatic carbocycles. The maximum atomic E-state index is 12.6. The number of carbonyl (C=O) groups is 1. The van der Waals surface area contributed by atoms with E-state index in [9.17, 15) is 4.79 Å². The minimum absolute atomic E-state index is 0.0754. The van der Waals surface area contributed by atoms with Crippen molar-refractivity contribution in [2.45, 2.75) is 6.92 Å². The van der Waals surface area contributed by atoms with Crippen LogP contribution in [0.4, 0.5) is 5.69 Å². The number of rotatable bonds is 2. The summed E-state index contributed by atoms with van der Waals surface area (Å²) in [4.78, 5) is 12.6. The highest BCUT2D eigenvalue weighted by molar-refractivity contribution is 14.1. The Labute approximate surface area is 137 Å². The zero-order chi connectivity index (χ0) is 14.8. The Morgan fingerprint density at radius 1 is 1.00 bits per heavy atom. The number of hydrogen-bond donors (Lipinski definition) is 1. The number of hydrogen-bond acceptors (Lipinski definition) is 1. The quantitative estimate of drug-likeness (QED) is 0.616. The van der Waals surface area contributed by atoms with E-state index in [2.05, 4.69) is 34.0 Å². The number of carbonyl (C=O) groups excluding carboxylic acids is 1. The molecule has 2 nitrogen and oxygen atoms in total. The fraction of sp³-hybridized carbons (Fsp3) is 0.0556. The molecule has 0 saturated carbocycles. The molecule has 0 aromatic heterocycles. The molecule has 0 aliphatic heterocycles. The Hall–Kier alpha value is -1.88. The molecule has 0 spiro atoms. The number of aryl methyl sites for hydroxylation is 1. The molecule has 0 atom stereocenters. The first-order valence-corrected chi connectivity index (χ1v) is 7.78. The second kappa shape index (κ2) is 5.85. The molecule has 0 bridgehead atoms. The molecular formula is C18H14INO. The van der Waals surface area contributed by atoms with Gasteiger partial charge in [-0.05, 0) is 64.0 Å². The predicted octanol–water partition coefficient (Wildman–Crippen LogP) is 5.01. The molecular weight excluding hydrogens is 373 g/mol. The van der Waals surface area contributed by atoms with Gasteiger partial charge in [0.2, 0.25) is 0 Å². The Morgan fingerprint density at radius 2 is 1.76 bits per heavy atom. The molecule has 3 heteroatoms. The van der Waals surface area contributed by atoms with Crippen molar-refractivity contribution in [1.82, 2.24) is 0 Å². The highest BCUT2D eigenvalue weighted by Crippen LogP contribution is 2.23. The summed E-state index contributed by atoms with van der Waals surface area (Å²) in [5.74, 6) is -0.0754. The Morgan fingerprint density at radius 3 is 2.57 bits per heavy atom. The van der Waals surface area contributed by atoms with E-state index < -0.39 is 0 Å². The lowest BCUT2D eigenvalue weighted by atomic mass is 10.0. The molecule has 0 heterocycles. The zero-order valence-corrected chi connectivity index (χ0v) is 13.7. The van der Waals surface area contributed by atoms with Crippen LogP contribution in [0, 0.1) is 10.5 Å². The van der Waals surface area contributed by atoms with Gasteiger partial charge in [0.15, 0.2) is 0 Å². The molecule has 104 valence electrons. The summed E-state index contributed by atoms with van der Waals surface area (Å²) in [6.45, 7) is 2.04. The molecule has 0 aliphatic carbocycles. The van der Waals surface area contributed by atoms with Crippen molar-refractivity contribution < 1.29 is 4.79 Å². The standard InChI is InChI=1S/C18H14INO/c1-12-9-10-17(16(19)11-12)20-18(21)15-8-4-6-13-5-2-3-7-14(13)15/h2-11H,1H3,(H,20,21). The van der Waals surface area contributed by atoms with Crippen LogP contribution >= 0.6 is 22.6 Å². The summed E-state index contributed by atoms with van der Waals surface area (Å²) in [5.41, 5.74) is 2.73. The van der Waals surface area contributed by atoms with Crippen LogP contribution in [0.25, 0.3) is 10.8 Å². The monoisotopic (exact) mass is 387 g/mol. The highest BCUT2D eigenvalue weighted by Gasteiger charge is 2.11. The van der Waals surface area contributed by atoms with E-state index in [0.29, 0.717) is 5.56 Å². The first-order valence-electron chi connectivity index (χ1n) is 6.70. The van der Waals surface area contributed by atoms with E-state index in [-0.39, 0.29) is 5.91 Å². The lowest BCUT2D eigenvalue weighted by Crippen LogP contribution is -2.13. The maximum Gasteiger partial charge on any atom is 0.256 e. The van der Waals surface area contributed by atoms with Gasteiger partial charge in [-0.15, -0.1) is 0 Å². The van der Waals surface area contributed by atoms with Gasteiger partial charge in [-0.1, -0.05) is 42.5 Å². The van der Waals surface area contributed by atoms with E-state index in [1.807, 2.05) is 61.5 Å².